The van der Waals surface area contributed by atoms with E-state index in [9.17, 15) is 9.59 Å². The van der Waals surface area contributed by atoms with E-state index in [1.807, 2.05) is 6.92 Å². The van der Waals surface area contributed by atoms with Crippen LogP contribution in [0.3, 0.4) is 0 Å². The van der Waals surface area contributed by atoms with E-state index in [2.05, 4.69) is 10.6 Å². The highest BCUT2D eigenvalue weighted by molar-refractivity contribution is 5.88. The fraction of sp³-hybridized carbons (Fsp3) is 0.857. The van der Waals surface area contributed by atoms with Gasteiger partial charge in [0.2, 0.25) is 11.8 Å². The van der Waals surface area contributed by atoms with Gasteiger partial charge in [-0.1, -0.05) is 6.92 Å². The van der Waals surface area contributed by atoms with E-state index in [0.717, 1.165) is 51.7 Å². The fourth-order valence-electron chi connectivity index (χ4n) is 2.97. The summed E-state index contributed by atoms with van der Waals surface area (Å²) in [5.74, 6) is 0.151. The van der Waals surface area contributed by atoms with Gasteiger partial charge >= 0.3 is 0 Å². The van der Waals surface area contributed by atoms with Crippen molar-refractivity contribution in [3.63, 3.8) is 0 Å². The number of nitrogens with one attached hydrogen (secondary N) is 2. The number of likely N-dealkylation sites (tertiary alicyclic amines) is 1. The summed E-state index contributed by atoms with van der Waals surface area (Å²) in [6.07, 6.45) is 5.32. The first-order chi connectivity index (χ1) is 9.22. The lowest BCUT2D eigenvalue weighted by Crippen LogP contribution is -2.54. The molecule has 6 heteroatoms. The molecular weight excluding hydrogens is 278 g/mol. The Labute approximate surface area is 127 Å². The van der Waals surface area contributed by atoms with Crippen LogP contribution in [0.15, 0.2) is 0 Å². The van der Waals surface area contributed by atoms with Gasteiger partial charge in [0.15, 0.2) is 0 Å². The largest absolute Gasteiger partial charge is 0.351 e. The molecule has 2 saturated heterocycles. The molecule has 0 aromatic heterocycles. The normalized spacial score (nSPS) is 23.9. The lowest BCUT2D eigenvalue weighted by molar-refractivity contribution is -0.142. The van der Waals surface area contributed by atoms with Crippen molar-refractivity contribution < 1.29 is 9.59 Å². The molecule has 116 valence electrons. The third-order valence-corrected chi connectivity index (χ3v) is 4.11. The quantitative estimate of drug-likeness (QED) is 0.820. The summed E-state index contributed by atoms with van der Waals surface area (Å²) in [6, 6.07) is 0.0327. The van der Waals surface area contributed by atoms with Crippen LogP contribution in [0, 0.1) is 0 Å². The van der Waals surface area contributed by atoms with Gasteiger partial charge in [-0.05, 0) is 45.2 Å². The van der Waals surface area contributed by atoms with Gasteiger partial charge in [-0.3, -0.25) is 9.59 Å². The van der Waals surface area contributed by atoms with Crippen molar-refractivity contribution in [2.45, 2.75) is 57.5 Å². The molecular formula is C14H26ClN3O2. The molecule has 2 aliphatic rings. The Kier molecular flexibility index (Phi) is 7.30. The van der Waals surface area contributed by atoms with Crippen molar-refractivity contribution in [1.29, 1.82) is 0 Å². The summed E-state index contributed by atoms with van der Waals surface area (Å²) < 4.78 is 0. The van der Waals surface area contributed by atoms with E-state index in [1.54, 1.807) is 4.90 Å². The fourth-order valence-corrected chi connectivity index (χ4v) is 2.97. The van der Waals surface area contributed by atoms with Gasteiger partial charge in [-0.2, -0.15) is 0 Å². The molecule has 2 rings (SSSR count). The van der Waals surface area contributed by atoms with E-state index in [-0.39, 0.29) is 36.3 Å². The van der Waals surface area contributed by atoms with Crippen LogP contribution in [-0.4, -0.2) is 48.4 Å². The highest BCUT2D eigenvalue weighted by Gasteiger charge is 2.32. The number of rotatable bonds is 3. The standard InChI is InChI=1S/C14H25N3O2.ClH/c1-2-13(18)17-10-4-3-5-12(17)14(19)16-11-6-8-15-9-7-11;/h11-12,15H,2-10H2,1H3,(H,16,19);1H. The maximum Gasteiger partial charge on any atom is 0.243 e. The van der Waals surface area contributed by atoms with Crippen LogP contribution < -0.4 is 10.6 Å². The minimum Gasteiger partial charge on any atom is -0.351 e. The summed E-state index contributed by atoms with van der Waals surface area (Å²) in [7, 11) is 0. The van der Waals surface area contributed by atoms with Crippen LogP contribution >= 0.6 is 12.4 Å². The first-order valence-electron chi connectivity index (χ1n) is 7.53. The SMILES string of the molecule is CCC(=O)N1CCCCC1C(=O)NC1CCNCC1.Cl. The molecule has 2 N–H and O–H groups in total. The van der Waals surface area contributed by atoms with Crippen LogP contribution in [0.5, 0.6) is 0 Å². The average molecular weight is 304 g/mol. The van der Waals surface area contributed by atoms with E-state index in [1.165, 1.54) is 0 Å². The van der Waals surface area contributed by atoms with Gasteiger partial charge in [-0.25, -0.2) is 0 Å². The molecule has 0 radical (unpaired) electrons. The van der Waals surface area contributed by atoms with Crippen LogP contribution in [0.25, 0.3) is 0 Å². The zero-order valence-corrected chi connectivity index (χ0v) is 13.0. The molecule has 2 heterocycles. The summed E-state index contributed by atoms with van der Waals surface area (Å²) in [5, 5.41) is 6.41. The summed E-state index contributed by atoms with van der Waals surface area (Å²) in [5.41, 5.74) is 0. The third-order valence-electron chi connectivity index (χ3n) is 4.11. The van der Waals surface area contributed by atoms with Gasteiger partial charge in [0.25, 0.3) is 0 Å². The van der Waals surface area contributed by atoms with Gasteiger partial charge in [-0.15, -0.1) is 12.4 Å². The molecule has 1 atom stereocenters. The van der Waals surface area contributed by atoms with Gasteiger partial charge in [0.1, 0.15) is 6.04 Å². The zero-order chi connectivity index (χ0) is 13.7. The Balaban J connectivity index is 0.00000200. The van der Waals surface area contributed by atoms with Crippen molar-refractivity contribution in [1.82, 2.24) is 15.5 Å². The van der Waals surface area contributed by atoms with Gasteiger partial charge in [0.05, 0.1) is 0 Å². The maximum atomic E-state index is 12.4. The van der Waals surface area contributed by atoms with E-state index < -0.39 is 0 Å². The Morgan fingerprint density at radius 1 is 1.20 bits per heavy atom. The molecule has 1 unspecified atom stereocenters. The minimum absolute atomic E-state index is 0. The summed E-state index contributed by atoms with van der Waals surface area (Å²) in [6.45, 7) is 4.52. The lowest BCUT2D eigenvalue weighted by Gasteiger charge is -2.36. The Hall–Kier alpha value is -0.810. The zero-order valence-electron chi connectivity index (χ0n) is 12.2. The first-order valence-corrected chi connectivity index (χ1v) is 7.53. The molecule has 2 amide bonds. The summed E-state index contributed by atoms with van der Waals surface area (Å²) in [4.78, 5) is 26.1. The molecule has 2 aliphatic heterocycles. The Morgan fingerprint density at radius 3 is 2.55 bits per heavy atom. The number of amides is 2. The highest BCUT2D eigenvalue weighted by Crippen LogP contribution is 2.18. The molecule has 0 aliphatic carbocycles. The molecule has 0 aromatic rings. The van der Waals surface area contributed by atoms with E-state index in [0.29, 0.717) is 6.42 Å². The second-order valence-corrected chi connectivity index (χ2v) is 5.49. The van der Waals surface area contributed by atoms with E-state index in [4.69, 9.17) is 0 Å². The second-order valence-electron chi connectivity index (χ2n) is 5.49. The van der Waals surface area contributed by atoms with Crippen molar-refractivity contribution in [3.8, 4) is 0 Å². The maximum absolute atomic E-state index is 12.4. The van der Waals surface area contributed by atoms with Crippen molar-refractivity contribution >= 4 is 24.2 Å². The predicted octanol–water partition coefficient (Wildman–Crippen LogP) is 1.07. The van der Waals surface area contributed by atoms with Crippen molar-refractivity contribution in [2.24, 2.45) is 0 Å². The van der Waals surface area contributed by atoms with E-state index >= 15 is 0 Å². The molecule has 20 heavy (non-hydrogen) atoms. The molecule has 0 aromatic carbocycles. The number of carbonyl (C=O) groups excluding carboxylic acids is 2. The average Bonchev–Trinajstić information content (AvgIpc) is 2.47. The topological polar surface area (TPSA) is 61.4 Å². The molecule has 0 saturated carbocycles. The Morgan fingerprint density at radius 2 is 1.90 bits per heavy atom. The predicted molar refractivity (Wildman–Crippen MR) is 80.9 cm³/mol. The number of nitrogens with zero attached hydrogens (tertiary/aromatic N) is 1. The summed E-state index contributed by atoms with van der Waals surface area (Å²) >= 11 is 0. The van der Waals surface area contributed by atoms with Gasteiger partial charge in [0, 0.05) is 19.0 Å². The van der Waals surface area contributed by atoms with Crippen LogP contribution in [0.4, 0.5) is 0 Å². The number of piperidine rings is 2. The third kappa shape index (κ3) is 4.35. The Bertz CT molecular complexity index is 332. The molecule has 0 bridgehead atoms. The monoisotopic (exact) mass is 303 g/mol. The lowest BCUT2D eigenvalue weighted by atomic mass is 9.99. The number of halogens is 1. The smallest absolute Gasteiger partial charge is 0.243 e. The first kappa shape index (κ1) is 17.2. The van der Waals surface area contributed by atoms with Crippen LogP contribution in [0.1, 0.15) is 45.4 Å². The van der Waals surface area contributed by atoms with Crippen molar-refractivity contribution in [3.05, 3.63) is 0 Å². The number of hydrogen-bond acceptors (Lipinski definition) is 3. The van der Waals surface area contributed by atoms with Crippen LogP contribution in [-0.2, 0) is 9.59 Å². The number of carbonyl (C=O) groups is 2. The minimum atomic E-state index is -0.240. The van der Waals surface area contributed by atoms with Crippen molar-refractivity contribution in [2.75, 3.05) is 19.6 Å². The molecule has 0 spiro atoms. The molecule has 5 nitrogen and oxygen atoms in total. The van der Waals surface area contributed by atoms with Crippen LogP contribution in [0.2, 0.25) is 0 Å². The second kappa shape index (κ2) is 8.47. The molecule has 2 fully saturated rings. The highest BCUT2D eigenvalue weighted by atomic mass is 35.5. The number of hydrogen-bond donors (Lipinski definition) is 2. The van der Waals surface area contributed by atoms with Gasteiger partial charge < -0.3 is 15.5 Å².